The summed E-state index contributed by atoms with van der Waals surface area (Å²) in [5, 5.41) is 0. The van der Waals surface area contributed by atoms with E-state index in [1.54, 1.807) is 18.6 Å². The van der Waals surface area contributed by atoms with Crippen molar-refractivity contribution >= 4 is 5.91 Å². The molecule has 0 atom stereocenters. The Hall–Kier alpha value is -3.21. The molecule has 0 aliphatic carbocycles. The summed E-state index contributed by atoms with van der Waals surface area (Å²) in [5.41, 5.74) is 2.99. The molecule has 2 heterocycles. The number of benzene rings is 2. The lowest BCUT2D eigenvalue weighted by Gasteiger charge is -2.32. The van der Waals surface area contributed by atoms with Crippen molar-refractivity contribution in [3.05, 3.63) is 78.8 Å². The van der Waals surface area contributed by atoms with Gasteiger partial charge in [0.05, 0.1) is 6.20 Å². The summed E-state index contributed by atoms with van der Waals surface area (Å²) >= 11 is 0. The number of aromatic nitrogens is 2. The third kappa shape index (κ3) is 4.14. The zero-order valence-corrected chi connectivity index (χ0v) is 15.0. The highest BCUT2D eigenvalue weighted by Crippen LogP contribution is 2.21. The highest BCUT2D eigenvalue weighted by atomic mass is 16.5. The van der Waals surface area contributed by atoms with Crippen LogP contribution in [0.5, 0.6) is 5.88 Å². The van der Waals surface area contributed by atoms with E-state index in [-0.39, 0.29) is 12.0 Å². The molecule has 136 valence electrons. The summed E-state index contributed by atoms with van der Waals surface area (Å²) in [6, 6.07) is 18.0. The smallest absolute Gasteiger partial charge is 0.253 e. The Balaban J connectivity index is 1.35. The maximum atomic E-state index is 12.8. The molecule has 0 N–H and O–H groups in total. The van der Waals surface area contributed by atoms with Crippen molar-refractivity contribution in [2.45, 2.75) is 18.9 Å². The summed E-state index contributed by atoms with van der Waals surface area (Å²) in [5.74, 6) is 0.617. The minimum atomic E-state index is 0.0752. The van der Waals surface area contributed by atoms with Crippen LogP contribution in [0, 0.1) is 0 Å². The molecule has 5 nitrogen and oxygen atoms in total. The standard InChI is InChI=1S/C22H21N3O2/c26-22(19-8-6-18(7-9-19)17-4-2-1-3-5-17)25-14-10-20(11-15-25)27-21-16-23-12-13-24-21/h1-9,12-13,16,20H,10-11,14-15H2. The van der Waals surface area contributed by atoms with Gasteiger partial charge < -0.3 is 9.64 Å². The fourth-order valence-electron chi connectivity index (χ4n) is 3.31. The second-order valence-corrected chi connectivity index (χ2v) is 6.60. The van der Waals surface area contributed by atoms with Crippen molar-refractivity contribution < 1.29 is 9.53 Å². The molecule has 3 aromatic rings. The Morgan fingerprint density at radius 1 is 0.926 bits per heavy atom. The summed E-state index contributed by atoms with van der Waals surface area (Å²) in [6.45, 7) is 1.37. The number of rotatable bonds is 4. The Morgan fingerprint density at radius 2 is 1.63 bits per heavy atom. The molecule has 5 heteroatoms. The first-order valence-corrected chi connectivity index (χ1v) is 9.17. The predicted molar refractivity (Wildman–Crippen MR) is 103 cm³/mol. The van der Waals surface area contributed by atoms with Crippen molar-refractivity contribution in [3.8, 4) is 17.0 Å². The van der Waals surface area contributed by atoms with Crippen molar-refractivity contribution in [3.63, 3.8) is 0 Å². The van der Waals surface area contributed by atoms with Gasteiger partial charge in [-0.25, -0.2) is 4.98 Å². The molecule has 1 fully saturated rings. The third-order valence-electron chi connectivity index (χ3n) is 4.80. The Kier molecular flexibility index (Phi) is 5.10. The molecule has 0 saturated carbocycles. The normalized spacial score (nSPS) is 14.7. The van der Waals surface area contributed by atoms with Gasteiger partial charge in [-0.2, -0.15) is 0 Å². The van der Waals surface area contributed by atoms with Gasteiger partial charge in [-0.3, -0.25) is 9.78 Å². The van der Waals surface area contributed by atoms with Crippen molar-refractivity contribution in [1.29, 1.82) is 0 Å². The molecule has 4 rings (SSSR count). The van der Waals surface area contributed by atoms with Gasteiger partial charge in [-0.1, -0.05) is 42.5 Å². The van der Waals surface area contributed by atoms with Gasteiger partial charge in [0.2, 0.25) is 5.88 Å². The quantitative estimate of drug-likeness (QED) is 0.710. The number of amides is 1. The van der Waals surface area contributed by atoms with Crippen LogP contribution in [0.1, 0.15) is 23.2 Å². The van der Waals surface area contributed by atoms with E-state index in [0.29, 0.717) is 19.0 Å². The van der Waals surface area contributed by atoms with Crippen LogP contribution in [0.3, 0.4) is 0 Å². The largest absolute Gasteiger partial charge is 0.473 e. The van der Waals surface area contributed by atoms with Crippen LogP contribution < -0.4 is 4.74 Å². The van der Waals surface area contributed by atoms with Crippen LogP contribution in [-0.2, 0) is 0 Å². The number of carbonyl (C=O) groups excluding carboxylic acids is 1. The molecular formula is C22H21N3O2. The van der Waals surface area contributed by atoms with Gasteiger partial charge in [0.1, 0.15) is 6.10 Å². The number of carbonyl (C=O) groups is 1. The molecule has 1 saturated heterocycles. The maximum Gasteiger partial charge on any atom is 0.253 e. The number of likely N-dealkylation sites (tertiary alicyclic amines) is 1. The van der Waals surface area contributed by atoms with E-state index in [2.05, 4.69) is 22.1 Å². The van der Waals surface area contributed by atoms with Gasteiger partial charge in [-0.15, -0.1) is 0 Å². The van der Waals surface area contributed by atoms with Crippen LogP contribution in [0.15, 0.2) is 73.2 Å². The topological polar surface area (TPSA) is 55.3 Å². The number of hydrogen-bond acceptors (Lipinski definition) is 4. The molecule has 1 aromatic heterocycles. The van der Waals surface area contributed by atoms with E-state index in [0.717, 1.165) is 29.5 Å². The lowest BCUT2D eigenvalue weighted by atomic mass is 10.0. The van der Waals surface area contributed by atoms with E-state index < -0.39 is 0 Å². The molecule has 0 unspecified atom stereocenters. The summed E-state index contributed by atoms with van der Waals surface area (Å²) < 4.78 is 5.84. The number of piperidine rings is 1. The molecule has 2 aromatic carbocycles. The molecule has 1 amide bonds. The number of ether oxygens (including phenoxy) is 1. The third-order valence-corrected chi connectivity index (χ3v) is 4.80. The minimum absolute atomic E-state index is 0.0752. The van der Waals surface area contributed by atoms with E-state index in [1.807, 2.05) is 47.4 Å². The zero-order chi connectivity index (χ0) is 18.5. The highest BCUT2D eigenvalue weighted by Gasteiger charge is 2.25. The van der Waals surface area contributed by atoms with Crippen molar-refractivity contribution in [1.82, 2.24) is 14.9 Å². The fraction of sp³-hybridized carbons (Fsp3) is 0.227. The lowest BCUT2D eigenvalue weighted by Crippen LogP contribution is -2.41. The second kappa shape index (κ2) is 7.99. The number of nitrogens with zero attached hydrogens (tertiary/aromatic N) is 3. The number of hydrogen-bond donors (Lipinski definition) is 0. The molecule has 0 spiro atoms. The fourth-order valence-corrected chi connectivity index (χ4v) is 3.31. The van der Waals surface area contributed by atoms with Gasteiger partial charge in [0.15, 0.2) is 0 Å². The maximum absolute atomic E-state index is 12.8. The molecule has 1 aliphatic rings. The molecule has 0 radical (unpaired) electrons. The molecule has 1 aliphatic heterocycles. The van der Waals surface area contributed by atoms with Gasteiger partial charge in [0.25, 0.3) is 5.91 Å². The van der Waals surface area contributed by atoms with Crippen LogP contribution in [0.2, 0.25) is 0 Å². The minimum Gasteiger partial charge on any atom is -0.473 e. The average molecular weight is 359 g/mol. The Labute approximate surface area is 158 Å². The van der Waals surface area contributed by atoms with E-state index >= 15 is 0 Å². The van der Waals surface area contributed by atoms with Crippen molar-refractivity contribution in [2.75, 3.05) is 13.1 Å². The first-order chi connectivity index (χ1) is 13.3. The van der Waals surface area contributed by atoms with Crippen LogP contribution >= 0.6 is 0 Å². The highest BCUT2D eigenvalue weighted by molar-refractivity contribution is 5.94. The molecule has 27 heavy (non-hydrogen) atoms. The molecule has 0 bridgehead atoms. The Bertz CT molecular complexity index is 874. The van der Waals surface area contributed by atoms with Gasteiger partial charge in [-0.05, 0) is 23.3 Å². The van der Waals surface area contributed by atoms with E-state index in [1.165, 1.54) is 0 Å². The zero-order valence-electron chi connectivity index (χ0n) is 15.0. The Morgan fingerprint density at radius 3 is 2.30 bits per heavy atom. The van der Waals surface area contributed by atoms with Crippen LogP contribution in [0.4, 0.5) is 0 Å². The second-order valence-electron chi connectivity index (χ2n) is 6.60. The van der Waals surface area contributed by atoms with Crippen molar-refractivity contribution in [2.24, 2.45) is 0 Å². The van der Waals surface area contributed by atoms with E-state index in [9.17, 15) is 4.79 Å². The summed E-state index contributed by atoms with van der Waals surface area (Å²) in [6.07, 6.45) is 6.52. The first-order valence-electron chi connectivity index (χ1n) is 9.17. The first kappa shape index (κ1) is 17.2. The monoisotopic (exact) mass is 359 g/mol. The summed E-state index contributed by atoms with van der Waals surface area (Å²) in [7, 11) is 0. The van der Waals surface area contributed by atoms with Gasteiger partial charge in [0, 0.05) is 43.9 Å². The SMILES string of the molecule is O=C(c1ccc(-c2ccccc2)cc1)N1CCC(Oc2cnccn2)CC1. The summed E-state index contributed by atoms with van der Waals surface area (Å²) in [4.78, 5) is 22.8. The van der Waals surface area contributed by atoms with Crippen LogP contribution in [-0.4, -0.2) is 40.0 Å². The lowest BCUT2D eigenvalue weighted by molar-refractivity contribution is 0.0587. The van der Waals surface area contributed by atoms with Gasteiger partial charge >= 0.3 is 0 Å². The van der Waals surface area contributed by atoms with Crippen LogP contribution in [0.25, 0.3) is 11.1 Å². The van der Waals surface area contributed by atoms with E-state index in [4.69, 9.17) is 4.74 Å². The predicted octanol–water partition coefficient (Wildman–Crippen LogP) is 3.83. The average Bonchev–Trinajstić information content (AvgIpc) is 2.75. The molecular weight excluding hydrogens is 338 g/mol.